The number of hydrogen-bond acceptors (Lipinski definition) is 3. The molecule has 2 saturated heterocycles. The molecule has 0 aromatic rings. The second-order valence-electron chi connectivity index (χ2n) is 6.42. The molecule has 0 unspecified atom stereocenters. The highest BCUT2D eigenvalue weighted by atomic mass is 15.3. The fourth-order valence-electron chi connectivity index (χ4n) is 3.65. The van der Waals surface area contributed by atoms with Crippen LogP contribution in [0.25, 0.3) is 0 Å². The van der Waals surface area contributed by atoms with Gasteiger partial charge in [-0.25, -0.2) is 4.99 Å². The zero-order valence-corrected chi connectivity index (χ0v) is 13.5. The van der Waals surface area contributed by atoms with Crippen molar-refractivity contribution in [3.8, 4) is 0 Å². The number of piperidine rings is 1. The lowest BCUT2D eigenvalue weighted by Gasteiger charge is -2.54. The third kappa shape index (κ3) is 3.51. The molecule has 0 bridgehead atoms. The first-order chi connectivity index (χ1) is 9.58. The molecule has 0 atom stereocenters. The average molecular weight is 275 g/mol. The molecule has 0 aromatic heterocycles. The molecule has 0 amide bonds. The molecule has 2 fully saturated rings. The summed E-state index contributed by atoms with van der Waals surface area (Å²) in [4.78, 5) is 9.76. The molecule has 2 aliphatic heterocycles. The van der Waals surface area contributed by atoms with Gasteiger partial charge in [0.15, 0.2) is 0 Å². The summed E-state index contributed by atoms with van der Waals surface area (Å²) in [6.45, 7) is 11.2. The van der Waals surface area contributed by atoms with Gasteiger partial charge in [0.2, 0.25) is 0 Å². The number of allylic oxidation sites excluding steroid dienone is 3. The SMILES string of the molecule is C\C=C/C(C)=N\C(=C\CC)N1CCCC2(CN(C)C2)C1. The fourth-order valence-corrected chi connectivity index (χ4v) is 3.65. The zero-order valence-electron chi connectivity index (χ0n) is 13.5. The van der Waals surface area contributed by atoms with Gasteiger partial charge in [0, 0.05) is 37.3 Å². The maximum Gasteiger partial charge on any atom is 0.124 e. The van der Waals surface area contributed by atoms with Crippen LogP contribution in [0, 0.1) is 5.41 Å². The topological polar surface area (TPSA) is 18.8 Å². The summed E-state index contributed by atoms with van der Waals surface area (Å²) in [5.74, 6) is 1.18. The van der Waals surface area contributed by atoms with Crippen molar-refractivity contribution in [1.29, 1.82) is 0 Å². The van der Waals surface area contributed by atoms with Crippen LogP contribution in [0.4, 0.5) is 0 Å². The van der Waals surface area contributed by atoms with Crippen molar-refractivity contribution in [1.82, 2.24) is 9.80 Å². The molecule has 2 heterocycles. The van der Waals surface area contributed by atoms with Gasteiger partial charge in [-0.05, 0) is 52.3 Å². The Morgan fingerprint density at radius 3 is 2.65 bits per heavy atom. The number of likely N-dealkylation sites (tertiary alicyclic amines) is 2. The van der Waals surface area contributed by atoms with E-state index in [9.17, 15) is 0 Å². The molecule has 2 aliphatic rings. The van der Waals surface area contributed by atoms with E-state index in [-0.39, 0.29) is 0 Å². The van der Waals surface area contributed by atoms with Gasteiger partial charge in [0.1, 0.15) is 5.82 Å². The van der Waals surface area contributed by atoms with E-state index in [1.165, 1.54) is 38.3 Å². The molecule has 0 aromatic carbocycles. The second kappa shape index (κ2) is 6.57. The molecule has 0 saturated carbocycles. The minimum atomic E-state index is 0.532. The Labute approximate surface area is 124 Å². The Morgan fingerprint density at radius 2 is 2.05 bits per heavy atom. The Balaban J connectivity index is 2.10. The minimum Gasteiger partial charge on any atom is -0.356 e. The highest BCUT2D eigenvalue weighted by Crippen LogP contribution is 2.39. The predicted molar refractivity (Wildman–Crippen MR) is 87.0 cm³/mol. The lowest BCUT2D eigenvalue weighted by atomic mass is 9.73. The number of hydrogen-bond donors (Lipinski definition) is 0. The van der Waals surface area contributed by atoms with Crippen LogP contribution >= 0.6 is 0 Å². The Bertz CT molecular complexity index is 408. The van der Waals surface area contributed by atoms with Crippen molar-refractivity contribution in [2.45, 2.75) is 40.0 Å². The number of rotatable bonds is 4. The van der Waals surface area contributed by atoms with Crippen molar-refractivity contribution >= 4 is 5.71 Å². The fraction of sp³-hybridized carbons (Fsp3) is 0.706. The van der Waals surface area contributed by atoms with Crippen molar-refractivity contribution in [3.63, 3.8) is 0 Å². The normalized spacial score (nSPS) is 24.5. The van der Waals surface area contributed by atoms with Crippen LogP contribution in [0.2, 0.25) is 0 Å². The lowest BCUT2D eigenvalue weighted by Crippen LogP contribution is -2.61. The van der Waals surface area contributed by atoms with Gasteiger partial charge in [-0.3, -0.25) is 0 Å². The van der Waals surface area contributed by atoms with E-state index in [1.54, 1.807) is 0 Å². The summed E-state index contributed by atoms with van der Waals surface area (Å²) in [5.41, 5.74) is 1.63. The van der Waals surface area contributed by atoms with Crippen LogP contribution in [-0.2, 0) is 0 Å². The van der Waals surface area contributed by atoms with E-state index in [2.05, 4.69) is 48.9 Å². The Hall–Kier alpha value is -1.09. The van der Waals surface area contributed by atoms with Crippen LogP contribution in [-0.4, -0.2) is 48.7 Å². The maximum atomic E-state index is 4.83. The van der Waals surface area contributed by atoms with Crippen LogP contribution < -0.4 is 0 Å². The first-order valence-corrected chi connectivity index (χ1v) is 7.90. The van der Waals surface area contributed by atoms with Crippen LogP contribution in [0.1, 0.15) is 40.0 Å². The summed E-state index contributed by atoms with van der Waals surface area (Å²) in [7, 11) is 2.22. The van der Waals surface area contributed by atoms with Crippen LogP contribution in [0.15, 0.2) is 29.0 Å². The van der Waals surface area contributed by atoms with Gasteiger partial charge in [-0.2, -0.15) is 0 Å². The van der Waals surface area contributed by atoms with Gasteiger partial charge in [0.05, 0.1) is 0 Å². The molecule has 1 spiro atoms. The van der Waals surface area contributed by atoms with Gasteiger partial charge < -0.3 is 9.80 Å². The third-order valence-electron chi connectivity index (χ3n) is 4.28. The number of nitrogens with zero attached hydrogens (tertiary/aromatic N) is 3. The molecule has 3 heteroatoms. The summed E-state index contributed by atoms with van der Waals surface area (Å²) in [6, 6.07) is 0. The maximum absolute atomic E-state index is 4.83. The van der Waals surface area contributed by atoms with Crippen molar-refractivity contribution in [3.05, 3.63) is 24.0 Å². The second-order valence-corrected chi connectivity index (χ2v) is 6.42. The van der Waals surface area contributed by atoms with Gasteiger partial charge in [-0.1, -0.05) is 13.0 Å². The first kappa shape index (κ1) is 15.3. The summed E-state index contributed by atoms with van der Waals surface area (Å²) >= 11 is 0. The summed E-state index contributed by atoms with van der Waals surface area (Å²) in [6.07, 6.45) is 10.1. The Kier molecular flexibility index (Phi) is 5.03. The quantitative estimate of drug-likeness (QED) is 0.733. The molecule has 0 N–H and O–H groups in total. The Morgan fingerprint density at radius 1 is 1.30 bits per heavy atom. The van der Waals surface area contributed by atoms with Crippen molar-refractivity contribution in [2.24, 2.45) is 10.4 Å². The van der Waals surface area contributed by atoms with Crippen molar-refractivity contribution in [2.75, 3.05) is 33.2 Å². The highest BCUT2D eigenvalue weighted by molar-refractivity contribution is 5.93. The standard InChI is InChI=1S/C17H29N3/c1-5-8-15(3)18-16(9-6-2)20-11-7-10-17(14-20)12-19(4)13-17/h5,8-9H,6-7,10-14H2,1-4H3/b8-5-,16-9-,18-15-. The molecule has 20 heavy (non-hydrogen) atoms. The van der Waals surface area contributed by atoms with E-state index in [0.29, 0.717) is 5.41 Å². The van der Waals surface area contributed by atoms with E-state index in [4.69, 9.17) is 4.99 Å². The van der Waals surface area contributed by atoms with Gasteiger partial charge in [-0.15, -0.1) is 0 Å². The molecule has 2 rings (SSSR count). The average Bonchev–Trinajstić information content (AvgIpc) is 2.37. The van der Waals surface area contributed by atoms with E-state index in [0.717, 1.165) is 18.7 Å². The lowest BCUT2D eigenvalue weighted by molar-refractivity contribution is -0.0312. The summed E-state index contributed by atoms with van der Waals surface area (Å²) < 4.78 is 0. The number of aliphatic imine (C=N–C) groups is 1. The minimum absolute atomic E-state index is 0.532. The molecular formula is C17H29N3. The largest absolute Gasteiger partial charge is 0.356 e. The zero-order chi connectivity index (χ0) is 14.6. The van der Waals surface area contributed by atoms with E-state index < -0.39 is 0 Å². The molecule has 3 nitrogen and oxygen atoms in total. The highest BCUT2D eigenvalue weighted by Gasteiger charge is 2.44. The van der Waals surface area contributed by atoms with Gasteiger partial charge >= 0.3 is 0 Å². The van der Waals surface area contributed by atoms with E-state index in [1.807, 2.05) is 6.92 Å². The smallest absolute Gasteiger partial charge is 0.124 e. The molecule has 0 aliphatic carbocycles. The molecule has 0 radical (unpaired) electrons. The van der Waals surface area contributed by atoms with Gasteiger partial charge in [0.25, 0.3) is 0 Å². The molecule has 112 valence electrons. The van der Waals surface area contributed by atoms with Crippen LogP contribution in [0.3, 0.4) is 0 Å². The van der Waals surface area contributed by atoms with E-state index >= 15 is 0 Å². The van der Waals surface area contributed by atoms with Crippen LogP contribution in [0.5, 0.6) is 0 Å². The first-order valence-electron chi connectivity index (χ1n) is 7.90. The van der Waals surface area contributed by atoms with Crippen molar-refractivity contribution < 1.29 is 0 Å². The molecular weight excluding hydrogens is 246 g/mol. The monoisotopic (exact) mass is 275 g/mol. The predicted octanol–water partition coefficient (Wildman–Crippen LogP) is 3.30. The third-order valence-corrected chi connectivity index (χ3v) is 4.28. The summed E-state index contributed by atoms with van der Waals surface area (Å²) in [5, 5.41) is 0.